The molecular formula is C24H24O5. The summed E-state index contributed by atoms with van der Waals surface area (Å²) in [5.74, 6) is -1.24. The van der Waals surface area contributed by atoms with Crippen molar-refractivity contribution in [2.24, 2.45) is 16.7 Å². The number of carbonyl (C=O) groups is 2. The van der Waals surface area contributed by atoms with Gasteiger partial charge in [0.1, 0.15) is 5.41 Å². The summed E-state index contributed by atoms with van der Waals surface area (Å²) in [4.78, 5) is 26.4. The molecule has 1 N–H and O–H groups in total. The molecule has 0 amide bonds. The Bertz CT molecular complexity index is 965. The summed E-state index contributed by atoms with van der Waals surface area (Å²) in [6.45, 7) is -0.216. The van der Waals surface area contributed by atoms with Crippen LogP contribution in [0.2, 0.25) is 0 Å². The second-order valence-electron chi connectivity index (χ2n) is 7.78. The van der Waals surface area contributed by atoms with E-state index in [0.29, 0.717) is 6.42 Å². The Morgan fingerprint density at radius 1 is 0.897 bits per heavy atom. The zero-order valence-corrected chi connectivity index (χ0v) is 16.6. The number of benzene rings is 2. The van der Waals surface area contributed by atoms with Crippen LogP contribution in [0.5, 0.6) is 0 Å². The van der Waals surface area contributed by atoms with Crippen molar-refractivity contribution in [3.63, 3.8) is 0 Å². The Balaban J connectivity index is 2.12. The van der Waals surface area contributed by atoms with Crippen molar-refractivity contribution in [2.75, 3.05) is 20.8 Å². The van der Waals surface area contributed by atoms with Crippen LogP contribution in [-0.4, -0.2) is 37.9 Å². The highest BCUT2D eigenvalue weighted by Gasteiger charge is 2.71. The van der Waals surface area contributed by atoms with Gasteiger partial charge in [-0.15, -0.1) is 0 Å². The molecule has 0 aliphatic heterocycles. The average Bonchev–Trinajstić information content (AvgIpc) is 3.30. The third-order valence-electron chi connectivity index (χ3n) is 6.52. The minimum absolute atomic E-state index is 0.216. The summed E-state index contributed by atoms with van der Waals surface area (Å²) >= 11 is 0. The van der Waals surface area contributed by atoms with Crippen molar-refractivity contribution >= 4 is 23.1 Å². The Morgan fingerprint density at radius 3 is 1.90 bits per heavy atom. The van der Waals surface area contributed by atoms with Crippen LogP contribution in [0.1, 0.15) is 24.0 Å². The molecule has 5 nitrogen and oxygen atoms in total. The van der Waals surface area contributed by atoms with Gasteiger partial charge in [0.25, 0.3) is 0 Å². The maximum Gasteiger partial charge on any atom is 0.316 e. The average molecular weight is 392 g/mol. The van der Waals surface area contributed by atoms with E-state index < -0.39 is 22.7 Å². The van der Waals surface area contributed by atoms with E-state index in [2.05, 4.69) is 0 Å². The predicted octanol–water partition coefficient (Wildman–Crippen LogP) is 3.33. The highest BCUT2D eigenvalue weighted by Crippen LogP contribution is 2.72. The molecule has 2 bridgehead atoms. The lowest BCUT2D eigenvalue weighted by molar-refractivity contribution is -0.152. The van der Waals surface area contributed by atoms with Crippen molar-refractivity contribution in [3.8, 4) is 0 Å². The lowest BCUT2D eigenvalue weighted by Crippen LogP contribution is -2.39. The number of esters is 2. The molecule has 2 aliphatic carbocycles. The second kappa shape index (κ2) is 7.16. The van der Waals surface area contributed by atoms with E-state index in [-0.39, 0.29) is 19.0 Å². The maximum atomic E-state index is 13.3. The Hall–Kier alpha value is -2.92. The number of rotatable bonds is 5. The zero-order valence-electron chi connectivity index (χ0n) is 16.6. The molecule has 5 heteroatoms. The van der Waals surface area contributed by atoms with Gasteiger partial charge in [-0.1, -0.05) is 60.7 Å². The molecule has 0 unspecified atom stereocenters. The molecule has 2 aromatic carbocycles. The topological polar surface area (TPSA) is 72.8 Å². The van der Waals surface area contributed by atoms with E-state index in [1.807, 2.05) is 60.7 Å². The summed E-state index contributed by atoms with van der Waals surface area (Å²) in [5, 5.41) is 10.2. The fourth-order valence-corrected chi connectivity index (χ4v) is 5.46. The Morgan fingerprint density at radius 2 is 1.41 bits per heavy atom. The third-order valence-corrected chi connectivity index (χ3v) is 6.52. The summed E-state index contributed by atoms with van der Waals surface area (Å²) in [7, 11) is 2.72. The molecule has 0 aromatic heterocycles. The number of ether oxygens (including phenoxy) is 2. The van der Waals surface area contributed by atoms with Gasteiger partial charge in [-0.2, -0.15) is 0 Å². The van der Waals surface area contributed by atoms with Gasteiger partial charge in [-0.05, 0) is 35.1 Å². The quantitative estimate of drug-likeness (QED) is 0.790. The molecule has 0 radical (unpaired) electrons. The summed E-state index contributed by atoms with van der Waals surface area (Å²) < 4.78 is 10.5. The van der Waals surface area contributed by atoms with Crippen molar-refractivity contribution in [1.82, 2.24) is 0 Å². The Labute approximate surface area is 170 Å². The Kier molecular flexibility index (Phi) is 4.79. The molecule has 1 fully saturated rings. The summed E-state index contributed by atoms with van der Waals surface area (Å²) in [6, 6.07) is 19.2. The minimum atomic E-state index is -1.11. The first-order valence-corrected chi connectivity index (χ1v) is 9.69. The standard InChI is InChI=1S/C24H24O5/c1-28-21(26)23-13-18(14-25)24(15-23,22(27)29-2)20(17-11-7-4-8-12-17)19(23)16-9-5-3-6-10-16/h3-12,18,25H,13-15H2,1-2H3/t18-,23+,24-/m1/s1. The van der Waals surface area contributed by atoms with Crippen molar-refractivity contribution in [3.05, 3.63) is 71.8 Å². The first kappa shape index (κ1) is 19.4. The van der Waals surface area contributed by atoms with Crippen molar-refractivity contribution in [1.29, 1.82) is 0 Å². The smallest absolute Gasteiger partial charge is 0.316 e. The van der Waals surface area contributed by atoms with Crippen LogP contribution in [-0.2, 0) is 19.1 Å². The van der Waals surface area contributed by atoms with Crippen molar-refractivity contribution in [2.45, 2.75) is 12.8 Å². The van der Waals surface area contributed by atoms with Crippen LogP contribution in [0.4, 0.5) is 0 Å². The fourth-order valence-electron chi connectivity index (χ4n) is 5.46. The normalized spacial score (nSPS) is 27.8. The molecule has 4 rings (SSSR count). The molecule has 29 heavy (non-hydrogen) atoms. The van der Waals surface area contributed by atoms with Crippen LogP contribution in [0.3, 0.4) is 0 Å². The number of hydrogen-bond acceptors (Lipinski definition) is 5. The highest BCUT2D eigenvalue weighted by molar-refractivity contribution is 6.14. The molecule has 0 spiro atoms. The number of fused-ring (bicyclic) bond motifs is 2. The molecule has 0 heterocycles. The van der Waals surface area contributed by atoms with E-state index in [4.69, 9.17) is 9.47 Å². The van der Waals surface area contributed by atoms with Crippen LogP contribution in [0.25, 0.3) is 11.1 Å². The van der Waals surface area contributed by atoms with Gasteiger partial charge in [-0.25, -0.2) is 0 Å². The van der Waals surface area contributed by atoms with Gasteiger partial charge in [-0.3, -0.25) is 9.59 Å². The maximum absolute atomic E-state index is 13.3. The lowest BCUT2D eigenvalue weighted by atomic mass is 9.66. The van der Waals surface area contributed by atoms with Gasteiger partial charge >= 0.3 is 11.9 Å². The third kappa shape index (κ3) is 2.57. The van der Waals surface area contributed by atoms with Crippen LogP contribution < -0.4 is 0 Å². The minimum Gasteiger partial charge on any atom is -0.468 e. The van der Waals surface area contributed by atoms with E-state index >= 15 is 0 Å². The monoisotopic (exact) mass is 392 g/mol. The van der Waals surface area contributed by atoms with Gasteiger partial charge < -0.3 is 14.6 Å². The number of aliphatic hydroxyl groups excluding tert-OH is 1. The fraction of sp³-hybridized carbons (Fsp3) is 0.333. The molecule has 0 saturated heterocycles. The largest absolute Gasteiger partial charge is 0.468 e. The predicted molar refractivity (Wildman–Crippen MR) is 108 cm³/mol. The summed E-state index contributed by atoms with van der Waals surface area (Å²) in [6.07, 6.45) is 0.574. The number of aliphatic hydroxyl groups is 1. The molecule has 3 atom stereocenters. The summed E-state index contributed by atoms with van der Waals surface area (Å²) in [5.41, 5.74) is 1.16. The van der Waals surface area contributed by atoms with E-state index in [9.17, 15) is 14.7 Å². The zero-order chi connectivity index (χ0) is 20.6. The van der Waals surface area contributed by atoms with E-state index in [0.717, 1.165) is 22.3 Å². The van der Waals surface area contributed by atoms with Crippen LogP contribution in [0, 0.1) is 16.7 Å². The van der Waals surface area contributed by atoms with Gasteiger partial charge in [0, 0.05) is 12.5 Å². The number of hydrogen-bond donors (Lipinski definition) is 1. The molecule has 2 aliphatic rings. The molecule has 1 saturated carbocycles. The number of carbonyl (C=O) groups excluding carboxylic acids is 2. The van der Waals surface area contributed by atoms with Crippen molar-refractivity contribution < 1.29 is 24.2 Å². The van der Waals surface area contributed by atoms with E-state index in [1.165, 1.54) is 14.2 Å². The molecular weight excluding hydrogens is 368 g/mol. The van der Waals surface area contributed by atoms with Crippen LogP contribution in [0.15, 0.2) is 60.7 Å². The first-order chi connectivity index (χ1) is 14.0. The van der Waals surface area contributed by atoms with Gasteiger partial charge in [0.15, 0.2) is 0 Å². The number of methoxy groups -OCH3 is 2. The van der Waals surface area contributed by atoms with E-state index in [1.54, 1.807) is 0 Å². The first-order valence-electron chi connectivity index (χ1n) is 9.69. The van der Waals surface area contributed by atoms with Gasteiger partial charge in [0.05, 0.1) is 19.6 Å². The second-order valence-corrected chi connectivity index (χ2v) is 7.78. The molecule has 2 aromatic rings. The lowest BCUT2D eigenvalue weighted by Gasteiger charge is -2.37. The highest BCUT2D eigenvalue weighted by atomic mass is 16.5. The van der Waals surface area contributed by atoms with Gasteiger partial charge in [0.2, 0.25) is 0 Å². The SMILES string of the molecule is COC(=O)[C@@]12C[C@H](CO)[C@](C(=O)OC)(C1)C(c1ccccc1)=C2c1ccccc1. The molecule has 150 valence electrons. The van der Waals surface area contributed by atoms with Crippen LogP contribution >= 0.6 is 0 Å².